The molecule has 0 amide bonds. The van der Waals surface area contributed by atoms with Gasteiger partial charge in [0.1, 0.15) is 0 Å². The molecule has 3 heterocycles. The normalized spacial score (nSPS) is 24.7. The Labute approximate surface area is 161 Å². The zero-order chi connectivity index (χ0) is 18.2. The van der Waals surface area contributed by atoms with Crippen LogP contribution in [0.3, 0.4) is 0 Å². The predicted molar refractivity (Wildman–Crippen MR) is 106 cm³/mol. The van der Waals surface area contributed by atoms with Crippen LogP contribution in [0.15, 0.2) is 70.5 Å². The molecule has 0 N–H and O–H groups in total. The van der Waals surface area contributed by atoms with E-state index >= 15 is 0 Å². The van der Waals surface area contributed by atoms with Gasteiger partial charge in [-0.2, -0.15) is 0 Å². The van der Waals surface area contributed by atoms with Crippen LogP contribution in [0.25, 0.3) is 6.08 Å². The van der Waals surface area contributed by atoms with E-state index in [0.717, 1.165) is 39.9 Å². The van der Waals surface area contributed by atoms with Crippen molar-refractivity contribution in [2.45, 2.75) is 25.1 Å². The van der Waals surface area contributed by atoms with Gasteiger partial charge in [-0.15, -0.1) is 0 Å². The molecule has 5 rings (SSSR count). The molecule has 3 aromatic rings. The number of hydrogen-bond donors (Lipinski definition) is 0. The van der Waals surface area contributed by atoms with Crippen LogP contribution in [0, 0.1) is 5.92 Å². The summed E-state index contributed by atoms with van der Waals surface area (Å²) in [5.74, 6) is 0.200. The van der Waals surface area contributed by atoms with Crippen LogP contribution in [0.4, 0.5) is 0 Å². The van der Waals surface area contributed by atoms with Crippen LogP contribution >= 0.6 is 11.3 Å². The molecule has 1 saturated heterocycles. The number of ether oxygens (including phenoxy) is 1. The molecule has 4 nitrogen and oxygen atoms in total. The molecular weight excluding hydrogens is 356 g/mol. The maximum Gasteiger partial charge on any atom is 0.270 e. The van der Waals surface area contributed by atoms with Crippen molar-refractivity contribution in [1.29, 1.82) is 0 Å². The highest BCUT2D eigenvalue weighted by atomic mass is 32.1. The second kappa shape index (κ2) is 6.91. The summed E-state index contributed by atoms with van der Waals surface area (Å²) >= 11 is 1.46. The quantitative estimate of drug-likeness (QED) is 0.690. The van der Waals surface area contributed by atoms with Gasteiger partial charge in [-0.1, -0.05) is 72.0 Å². The van der Waals surface area contributed by atoms with Crippen molar-refractivity contribution >= 4 is 17.4 Å². The van der Waals surface area contributed by atoms with E-state index < -0.39 is 0 Å². The summed E-state index contributed by atoms with van der Waals surface area (Å²) in [5, 5.41) is 0. The predicted octanol–water partition coefficient (Wildman–Crippen LogP) is 2.71. The highest BCUT2D eigenvalue weighted by molar-refractivity contribution is 7.07. The zero-order valence-corrected chi connectivity index (χ0v) is 15.6. The summed E-state index contributed by atoms with van der Waals surface area (Å²) in [4.78, 5) is 18.9. The molecular formula is C22H20N2O2S. The Kier molecular flexibility index (Phi) is 4.26. The smallest absolute Gasteiger partial charge is 0.270 e. The molecule has 1 fully saturated rings. The van der Waals surface area contributed by atoms with Gasteiger partial charge in [0.25, 0.3) is 5.56 Å². The minimum Gasteiger partial charge on any atom is -0.356 e. The molecule has 0 bridgehead atoms. The second-order valence-corrected chi connectivity index (χ2v) is 8.04. The lowest BCUT2D eigenvalue weighted by Gasteiger charge is -2.38. The SMILES string of the molecule is O=c1/c(=C/c2ccccc2)sc2n1C(c1ccccc1)C1CCCOC1N=2. The van der Waals surface area contributed by atoms with Crippen molar-refractivity contribution in [3.63, 3.8) is 0 Å². The van der Waals surface area contributed by atoms with Gasteiger partial charge in [0.15, 0.2) is 11.0 Å². The standard InChI is InChI=1S/C22H20N2O2S/c25-21-18(14-15-8-3-1-4-9-15)27-22-23-20-17(12-7-13-26-20)19(24(21)22)16-10-5-2-6-11-16/h1-6,8-11,14,17,19-20H,7,12-13H2/b18-14-. The molecule has 2 aliphatic rings. The average Bonchev–Trinajstić information content (AvgIpc) is 3.02. The molecule has 3 atom stereocenters. The zero-order valence-electron chi connectivity index (χ0n) is 14.8. The molecule has 27 heavy (non-hydrogen) atoms. The van der Waals surface area contributed by atoms with Gasteiger partial charge in [-0.3, -0.25) is 9.36 Å². The van der Waals surface area contributed by atoms with E-state index in [4.69, 9.17) is 9.73 Å². The Hall–Kier alpha value is -2.50. The van der Waals surface area contributed by atoms with Crippen LogP contribution in [0.2, 0.25) is 0 Å². The summed E-state index contributed by atoms with van der Waals surface area (Å²) in [6, 6.07) is 20.2. The third-order valence-electron chi connectivity index (χ3n) is 5.33. The first-order valence-electron chi connectivity index (χ1n) is 9.34. The van der Waals surface area contributed by atoms with Crippen molar-refractivity contribution in [1.82, 2.24) is 4.57 Å². The molecule has 2 aromatic carbocycles. The van der Waals surface area contributed by atoms with E-state index in [0.29, 0.717) is 0 Å². The number of rotatable bonds is 2. The number of fused-ring (bicyclic) bond motifs is 2. The maximum atomic E-state index is 13.3. The van der Waals surface area contributed by atoms with E-state index in [-0.39, 0.29) is 23.7 Å². The minimum atomic E-state index is -0.161. The number of aromatic nitrogens is 1. The summed E-state index contributed by atoms with van der Waals surface area (Å²) in [7, 11) is 0. The third-order valence-corrected chi connectivity index (χ3v) is 6.33. The highest BCUT2D eigenvalue weighted by Crippen LogP contribution is 2.36. The Morgan fingerprint density at radius 2 is 1.81 bits per heavy atom. The highest BCUT2D eigenvalue weighted by Gasteiger charge is 2.39. The minimum absolute atomic E-state index is 0.0225. The average molecular weight is 376 g/mol. The van der Waals surface area contributed by atoms with Crippen LogP contribution in [0.1, 0.15) is 30.0 Å². The number of benzene rings is 2. The van der Waals surface area contributed by atoms with E-state index in [9.17, 15) is 4.79 Å². The van der Waals surface area contributed by atoms with Crippen LogP contribution in [-0.2, 0) is 4.74 Å². The van der Waals surface area contributed by atoms with Crippen LogP contribution in [0.5, 0.6) is 0 Å². The van der Waals surface area contributed by atoms with Gasteiger partial charge in [0.2, 0.25) is 0 Å². The molecule has 2 aliphatic heterocycles. The molecule has 3 unspecified atom stereocenters. The largest absolute Gasteiger partial charge is 0.356 e. The van der Waals surface area contributed by atoms with Gasteiger partial charge < -0.3 is 4.74 Å². The monoisotopic (exact) mass is 376 g/mol. The molecule has 0 spiro atoms. The lowest BCUT2D eigenvalue weighted by molar-refractivity contribution is -0.0436. The second-order valence-electron chi connectivity index (χ2n) is 7.03. The first-order chi connectivity index (χ1) is 13.3. The summed E-state index contributed by atoms with van der Waals surface area (Å²) in [6.07, 6.45) is 3.83. The summed E-state index contributed by atoms with van der Waals surface area (Å²) < 4.78 is 8.59. The van der Waals surface area contributed by atoms with Crippen LogP contribution in [-0.4, -0.2) is 17.4 Å². The number of thiazole rings is 1. The Balaban J connectivity index is 1.73. The fourth-order valence-electron chi connectivity index (χ4n) is 4.11. The Morgan fingerprint density at radius 1 is 1.07 bits per heavy atom. The van der Waals surface area contributed by atoms with Crippen molar-refractivity contribution in [3.05, 3.63) is 91.5 Å². The van der Waals surface area contributed by atoms with Crippen molar-refractivity contribution in [3.8, 4) is 0 Å². The first kappa shape index (κ1) is 16.7. The lowest BCUT2D eigenvalue weighted by atomic mass is 9.85. The van der Waals surface area contributed by atoms with Crippen molar-refractivity contribution in [2.24, 2.45) is 10.9 Å². The van der Waals surface area contributed by atoms with Gasteiger partial charge in [0.05, 0.1) is 10.6 Å². The van der Waals surface area contributed by atoms with E-state index in [1.807, 2.05) is 59.2 Å². The topological polar surface area (TPSA) is 43.6 Å². The molecule has 0 aliphatic carbocycles. The summed E-state index contributed by atoms with van der Waals surface area (Å²) in [6.45, 7) is 0.741. The van der Waals surface area contributed by atoms with E-state index in [1.54, 1.807) is 0 Å². The fourth-order valence-corrected chi connectivity index (χ4v) is 5.13. The van der Waals surface area contributed by atoms with E-state index in [1.165, 1.54) is 11.3 Å². The third kappa shape index (κ3) is 2.97. The molecule has 136 valence electrons. The van der Waals surface area contributed by atoms with Gasteiger partial charge >= 0.3 is 0 Å². The van der Waals surface area contributed by atoms with Crippen molar-refractivity contribution in [2.75, 3.05) is 6.61 Å². The number of hydrogen-bond acceptors (Lipinski definition) is 4. The van der Waals surface area contributed by atoms with Crippen LogP contribution < -0.4 is 14.9 Å². The Morgan fingerprint density at radius 3 is 2.59 bits per heavy atom. The molecule has 5 heteroatoms. The number of nitrogens with zero attached hydrogens (tertiary/aromatic N) is 2. The van der Waals surface area contributed by atoms with Gasteiger partial charge in [0, 0.05) is 12.5 Å². The fraction of sp³-hybridized carbons (Fsp3) is 0.273. The lowest BCUT2D eigenvalue weighted by Crippen LogP contribution is -2.47. The maximum absolute atomic E-state index is 13.3. The molecule has 1 aromatic heterocycles. The Bertz CT molecular complexity index is 1120. The summed E-state index contributed by atoms with van der Waals surface area (Å²) in [5.41, 5.74) is 2.22. The molecule has 0 saturated carbocycles. The van der Waals surface area contributed by atoms with E-state index in [2.05, 4.69) is 12.1 Å². The van der Waals surface area contributed by atoms with Gasteiger partial charge in [-0.05, 0) is 30.0 Å². The molecule has 0 radical (unpaired) electrons. The first-order valence-corrected chi connectivity index (χ1v) is 10.2. The van der Waals surface area contributed by atoms with Gasteiger partial charge in [-0.25, -0.2) is 4.99 Å². The van der Waals surface area contributed by atoms with Crippen molar-refractivity contribution < 1.29 is 4.74 Å².